The third-order valence-electron chi connectivity index (χ3n) is 3.87. The first-order valence-electron chi connectivity index (χ1n) is 17.1. The predicted octanol–water partition coefficient (Wildman–Crippen LogP) is 73.6. The summed E-state index contributed by atoms with van der Waals surface area (Å²) in [5.74, 6) is 0. The van der Waals surface area contributed by atoms with Gasteiger partial charge in [-0.3, -0.25) is 0 Å². The van der Waals surface area contributed by atoms with E-state index >= 15 is 0 Å². The molecule has 0 bridgehead atoms. The van der Waals surface area contributed by atoms with Crippen molar-refractivity contribution in [1.29, 1.82) is 0 Å². The first-order chi connectivity index (χ1) is 44.8. The van der Waals surface area contributed by atoms with Crippen LogP contribution in [0, 0.1) is 0 Å². The van der Waals surface area contributed by atoms with E-state index in [1.165, 1.54) is 6.92 Å². The Balaban J connectivity index is -0.00000184. The fourth-order valence-corrected chi connectivity index (χ4v) is 15100. The summed E-state index contributed by atoms with van der Waals surface area (Å²) >= 11 is 149. The number of hydrogen-bond donors (Lipinski definition) is 1. The summed E-state index contributed by atoms with van der Waals surface area (Å²) in [6, 6.07) is 0. The number of rotatable bonds is 40. The first kappa shape index (κ1) is 162. The molecule has 0 aliphatic heterocycles. The van der Waals surface area contributed by atoms with Crippen LogP contribution in [-0.2, 0) is 14.2 Å². The monoisotopic (exact) mass is 10300 g/mol. The van der Waals surface area contributed by atoms with Crippen LogP contribution in [0.4, 0.5) is 9.59 Å². The summed E-state index contributed by atoms with van der Waals surface area (Å²) in [7, 11) is -22.3. The van der Waals surface area contributed by atoms with Crippen LogP contribution in [0.3, 0.4) is 0 Å². The van der Waals surface area contributed by atoms with Crippen LogP contribution in [-0.4, -0.2) is 40.0 Å². The molecule has 99 heavy (non-hydrogen) atoms. The molecule has 0 aliphatic rings. The zero-order valence-electron chi connectivity index (χ0n) is 42.4. The van der Waals surface area contributed by atoms with Crippen LogP contribution in [0.25, 0.3) is 0 Å². The number of hydrogen-bond acceptors (Lipinski definition) is 6. The average Bonchev–Trinajstić information content (AvgIpc) is 0.828. The van der Waals surface area contributed by atoms with E-state index in [4.69, 9.17) is 39.9 Å². The summed E-state index contributed by atoms with van der Waals surface area (Å²) in [4.78, 5) is 20.2. The Bertz CT molecular complexity index is 1970. The average molecular weight is 10300 g/mol. The normalized spacial score (nSPS) is 17.6. The maximum atomic E-state index is 10.5. The molecule has 674 valence electrons. The Kier molecular flexibility index (Phi) is 162. The maximum absolute atomic E-state index is 10.5. The SMILES string of the molecule is CC(C)O.CC(C)OC(=O)OC(C)Cl.CC(Cl)OC(=O)Cl.II(I)I(I)I(I)I(I)I(I)I(I)I(I)I(I)I(I)I(I)I(I)I(I)I(I)I(I)I(I)I(I)I(I)I(I)I(I)I(I)I(I)I(I)I(I)I(I)I(I)I(I)I(I)I(I)I(I)I(I)I(I)I(I)I(I)I(I)I(I)I(I)I(I)I(I)I. The molecule has 0 rings (SSSR count). The molecule has 87 heteroatoms. The number of carbonyl (C=O) groups is 2. The number of alkyl halides is 2. The summed E-state index contributed by atoms with van der Waals surface area (Å²) in [6.45, 7) is 9.96. The van der Waals surface area contributed by atoms with Crippen molar-refractivity contribution in [1.82, 2.24) is 0 Å². The molecular weight excluding hydrogens is 10200 g/mol. The second kappa shape index (κ2) is 99.3. The molecule has 0 saturated carbocycles. The third-order valence-corrected chi connectivity index (χ3v) is 6120. The molecule has 0 radical (unpaired) electrons. The van der Waals surface area contributed by atoms with Gasteiger partial charge in [-0.05, 0) is 41.5 Å². The van der Waals surface area contributed by atoms with E-state index in [1.807, 2.05) is 0 Å². The van der Waals surface area contributed by atoms with E-state index in [2.05, 4.69) is 759 Å². The molecule has 0 aromatic rings. The van der Waals surface area contributed by atoms with E-state index in [9.17, 15) is 9.59 Å². The molecule has 6 nitrogen and oxygen atoms in total. The van der Waals surface area contributed by atoms with Gasteiger partial charge in [0.15, 0.2) is 11.1 Å². The van der Waals surface area contributed by atoms with Gasteiger partial charge in [-0.15, -0.1) is 0 Å². The summed E-state index contributed by atoms with van der Waals surface area (Å²) in [6.07, 6.45) is -1.06. The van der Waals surface area contributed by atoms with E-state index in [1.54, 1.807) is 34.6 Å². The number of ether oxygens (including phenoxy) is 3. The zero-order chi connectivity index (χ0) is 79.5. The second-order valence-electron chi connectivity index (χ2n) is 10.2. The minimum absolute atomic E-state index is 0.164. The van der Waals surface area contributed by atoms with Gasteiger partial charge in [0.2, 0.25) is 0 Å². The van der Waals surface area contributed by atoms with Crippen molar-refractivity contribution in [3.63, 3.8) is 0 Å². The predicted molar refractivity (Wildman–Crippen MR) is 1180 cm³/mol. The van der Waals surface area contributed by atoms with Gasteiger partial charge < -0.3 is 19.3 Å². The van der Waals surface area contributed by atoms with Gasteiger partial charge in [-0.1, -0.05) is 23.2 Å². The first-order valence-corrected chi connectivity index (χ1v) is 502. The summed E-state index contributed by atoms with van der Waals surface area (Å²) in [5, 5.41) is 8.06. The van der Waals surface area contributed by atoms with Gasteiger partial charge in [-0.2, -0.15) is 0 Å². The van der Waals surface area contributed by atoms with Crippen molar-refractivity contribution >= 4 is 1090 Å². The van der Waals surface area contributed by atoms with Gasteiger partial charge in [0.05, 0.1) is 6.10 Å². The van der Waals surface area contributed by atoms with Crippen LogP contribution >= 0.6 is 1080 Å². The van der Waals surface area contributed by atoms with Gasteiger partial charge in [0, 0.05) is 17.7 Å². The Morgan fingerprint density at radius 1 is 0.232 bits per heavy atom. The van der Waals surface area contributed by atoms with Crippen LogP contribution in [0.5, 0.6) is 0 Å². The van der Waals surface area contributed by atoms with Crippen LogP contribution in [0.2, 0.25) is 0 Å². The van der Waals surface area contributed by atoms with Crippen molar-refractivity contribution in [2.45, 2.75) is 64.9 Å². The molecule has 0 heterocycles. The van der Waals surface area contributed by atoms with Gasteiger partial charge in [0.1, 0.15) is 0 Å². The van der Waals surface area contributed by atoms with Crippen molar-refractivity contribution in [2.75, 3.05) is 0 Å². The molecular formula is C12H23Cl3I78O6. The number of aliphatic hydroxyl groups excluding tert-OH is 1. The van der Waals surface area contributed by atoms with Crippen LogP contribution in [0.15, 0.2) is 0 Å². The Morgan fingerprint density at radius 2 is 0.333 bits per heavy atom. The van der Waals surface area contributed by atoms with Gasteiger partial charge in [-0.25, -0.2) is 9.59 Å². The number of carbonyl (C=O) groups excluding carboxylic acids is 2. The fraction of sp³-hybridized carbons (Fsp3) is 0.833. The molecule has 0 aliphatic carbocycles. The summed E-state index contributed by atoms with van der Waals surface area (Å²) in [5.41, 5.74) is -2.14. The van der Waals surface area contributed by atoms with Crippen molar-refractivity contribution < 1.29 is 28.9 Å². The van der Waals surface area contributed by atoms with Crippen molar-refractivity contribution in [3.8, 4) is 0 Å². The standard InChI is InChI=1S/C6H11ClO3.C3H4Cl2O2.C3H8O.I78/c1-4(2)9-6(8)10-5(3)7;1-2(4)7-3(5)6;1-3(2)4;1-41(2)43(5)45(7)47(9)49(11)51(13)53(15)55(17)57(19)59(21)61(23)63(25)65(27)67(29)69(31)71(33)73(35)75(37)77(39)78(40)76(38)74(36)72(34)70(32)68(30)66(28)64(26)62(24)60(22)58(20)56(18)54(16)52(14)50(12)48(10)46(8)44(6)42(3)4/h4-5H,1-3H3;2H,1H3;3-4H,1-2H3;. The molecule has 0 aromatic heterocycles. The van der Waals surface area contributed by atoms with E-state index in [-0.39, 0.29) is 12.2 Å². The van der Waals surface area contributed by atoms with Crippen molar-refractivity contribution in [2.24, 2.45) is 0 Å². The zero-order valence-corrected chi connectivity index (χ0v) is 213. The Labute approximate surface area is 1120 Å². The summed E-state index contributed by atoms with van der Waals surface area (Å²) < 4.78 is 13.2. The Morgan fingerprint density at radius 3 is 0.394 bits per heavy atom. The molecule has 1 N–H and O–H groups in total. The third kappa shape index (κ3) is 76.7. The Hall–Kier alpha value is 56.5. The quantitative estimate of drug-likeness (QED) is 0.0285. The van der Waals surface area contributed by atoms with Gasteiger partial charge >= 0.3 is 1060 Å². The fourth-order valence-electron chi connectivity index (χ4n) is 1.59. The molecule has 0 aromatic carbocycles. The van der Waals surface area contributed by atoms with Crippen LogP contribution < -0.4 is 0 Å². The molecule has 0 saturated heterocycles. The van der Waals surface area contributed by atoms with E-state index < -0.39 is 323 Å². The molecule has 0 amide bonds. The number of aliphatic hydroxyl groups is 1. The number of halogens is 81. The van der Waals surface area contributed by atoms with Crippen LogP contribution in [0.1, 0.15) is 41.5 Å². The molecule has 2 atom stereocenters. The van der Waals surface area contributed by atoms with Gasteiger partial charge in [0.25, 0.3) is 0 Å². The topological polar surface area (TPSA) is 82.1 Å². The second-order valence-corrected chi connectivity index (χ2v) is 1860. The molecule has 2 unspecified atom stereocenters. The minimum atomic E-state index is -0.873. The molecule has 0 spiro atoms. The van der Waals surface area contributed by atoms with E-state index in [0.717, 1.165) is 0 Å². The van der Waals surface area contributed by atoms with Crippen molar-refractivity contribution in [3.05, 3.63) is 0 Å². The van der Waals surface area contributed by atoms with E-state index in [0.29, 0.717) is 0 Å². The molecule has 0 fully saturated rings.